The Bertz CT molecular complexity index is 239. The Morgan fingerprint density at radius 3 is 2.72 bits per heavy atom. The van der Waals surface area contributed by atoms with Crippen molar-refractivity contribution in [2.45, 2.75) is 71.4 Å². The minimum Gasteiger partial charge on any atom is -0.313 e. The quantitative estimate of drug-likeness (QED) is 0.808. The van der Waals surface area contributed by atoms with E-state index >= 15 is 0 Å². The first-order valence-electron chi connectivity index (χ1n) is 8.12. The van der Waals surface area contributed by atoms with Crippen LogP contribution in [0.15, 0.2) is 0 Å². The normalized spacial score (nSPS) is 34.3. The molecule has 0 amide bonds. The predicted molar refractivity (Wildman–Crippen MR) is 78.9 cm³/mol. The summed E-state index contributed by atoms with van der Waals surface area (Å²) < 4.78 is 0. The summed E-state index contributed by atoms with van der Waals surface area (Å²) in [6.07, 6.45) is 8.65. The van der Waals surface area contributed by atoms with Crippen molar-refractivity contribution < 1.29 is 0 Å². The van der Waals surface area contributed by atoms with E-state index in [1.54, 1.807) is 0 Å². The average molecular weight is 252 g/mol. The Morgan fingerprint density at radius 1 is 1.22 bits per heavy atom. The van der Waals surface area contributed by atoms with Crippen molar-refractivity contribution >= 4 is 0 Å². The average Bonchev–Trinajstić information content (AvgIpc) is 2.78. The summed E-state index contributed by atoms with van der Waals surface area (Å²) in [7, 11) is 0. The molecule has 1 aliphatic heterocycles. The van der Waals surface area contributed by atoms with Crippen molar-refractivity contribution in [2.24, 2.45) is 11.8 Å². The highest BCUT2D eigenvalue weighted by atomic mass is 15.2. The van der Waals surface area contributed by atoms with E-state index in [1.165, 1.54) is 58.2 Å². The van der Waals surface area contributed by atoms with Crippen LogP contribution in [0.3, 0.4) is 0 Å². The molecule has 1 aliphatic carbocycles. The number of hydrogen-bond acceptors (Lipinski definition) is 2. The van der Waals surface area contributed by atoms with Crippen LogP contribution < -0.4 is 5.32 Å². The largest absolute Gasteiger partial charge is 0.313 e. The van der Waals surface area contributed by atoms with Gasteiger partial charge in [-0.3, -0.25) is 4.90 Å². The van der Waals surface area contributed by atoms with Gasteiger partial charge in [0.05, 0.1) is 0 Å². The van der Waals surface area contributed by atoms with Crippen molar-refractivity contribution in [1.82, 2.24) is 10.2 Å². The van der Waals surface area contributed by atoms with Crippen LogP contribution in [0.25, 0.3) is 0 Å². The maximum Gasteiger partial charge on any atom is 0.0207 e. The predicted octanol–water partition coefficient (Wildman–Crippen LogP) is 3.28. The van der Waals surface area contributed by atoms with Gasteiger partial charge in [-0.1, -0.05) is 26.2 Å². The standard InChI is InChI=1S/C16H32N2/c1-13(2)18-10-8-16(12-18)17-9-7-15-6-4-5-14(3)11-15/h13-17H,4-12H2,1-3H3. The molecule has 2 aliphatic rings. The molecule has 1 heterocycles. The van der Waals surface area contributed by atoms with Gasteiger partial charge in [-0.25, -0.2) is 0 Å². The Hall–Kier alpha value is -0.0800. The van der Waals surface area contributed by atoms with Crippen molar-refractivity contribution in [3.63, 3.8) is 0 Å². The lowest BCUT2D eigenvalue weighted by atomic mass is 9.81. The van der Waals surface area contributed by atoms with Crippen molar-refractivity contribution in [3.05, 3.63) is 0 Å². The van der Waals surface area contributed by atoms with Gasteiger partial charge in [0, 0.05) is 18.6 Å². The minimum atomic E-state index is 0.719. The van der Waals surface area contributed by atoms with Gasteiger partial charge in [0.1, 0.15) is 0 Å². The van der Waals surface area contributed by atoms with Crippen LogP contribution in [0.1, 0.15) is 59.3 Å². The van der Waals surface area contributed by atoms with E-state index in [0.717, 1.165) is 23.9 Å². The number of likely N-dealkylation sites (tertiary alicyclic amines) is 1. The van der Waals surface area contributed by atoms with E-state index < -0.39 is 0 Å². The number of hydrogen-bond donors (Lipinski definition) is 1. The second-order valence-electron chi connectivity index (χ2n) is 6.95. The summed E-state index contributed by atoms with van der Waals surface area (Å²) in [6, 6.07) is 1.48. The van der Waals surface area contributed by atoms with Crippen molar-refractivity contribution in [2.75, 3.05) is 19.6 Å². The molecule has 2 rings (SSSR count). The molecule has 1 saturated heterocycles. The van der Waals surface area contributed by atoms with E-state index in [1.807, 2.05) is 0 Å². The Morgan fingerprint density at radius 2 is 2.06 bits per heavy atom. The van der Waals surface area contributed by atoms with Gasteiger partial charge < -0.3 is 5.32 Å². The SMILES string of the molecule is CC1CCCC(CCNC2CCN(C(C)C)C2)C1. The van der Waals surface area contributed by atoms with Crippen LogP contribution in [0.5, 0.6) is 0 Å². The zero-order valence-electron chi connectivity index (χ0n) is 12.6. The molecule has 1 N–H and O–H groups in total. The zero-order valence-corrected chi connectivity index (χ0v) is 12.6. The Balaban J connectivity index is 1.58. The first-order chi connectivity index (χ1) is 8.65. The third-order valence-electron chi connectivity index (χ3n) is 4.98. The van der Waals surface area contributed by atoms with Crippen LogP contribution in [0, 0.1) is 11.8 Å². The van der Waals surface area contributed by atoms with Crippen molar-refractivity contribution in [1.29, 1.82) is 0 Å². The fourth-order valence-corrected chi connectivity index (χ4v) is 3.74. The van der Waals surface area contributed by atoms with E-state index in [4.69, 9.17) is 0 Å². The lowest BCUT2D eigenvalue weighted by Gasteiger charge is -2.27. The summed E-state index contributed by atoms with van der Waals surface area (Å²) in [6.45, 7) is 10.8. The van der Waals surface area contributed by atoms with Gasteiger partial charge in [-0.2, -0.15) is 0 Å². The Labute approximate surface area is 114 Å². The number of nitrogens with one attached hydrogen (secondary N) is 1. The smallest absolute Gasteiger partial charge is 0.0207 e. The molecule has 0 bridgehead atoms. The third kappa shape index (κ3) is 4.24. The summed E-state index contributed by atoms with van der Waals surface area (Å²) in [5, 5.41) is 3.79. The fraction of sp³-hybridized carbons (Fsp3) is 1.00. The van der Waals surface area contributed by atoms with Gasteiger partial charge >= 0.3 is 0 Å². The molecule has 2 nitrogen and oxygen atoms in total. The molecule has 2 heteroatoms. The van der Waals surface area contributed by atoms with Crippen LogP contribution in [-0.2, 0) is 0 Å². The summed E-state index contributed by atoms with van der Waals surface area (Å²) in [5.41, 5.74) is 0. The van der Waals surface area contributed by atoms with E-state index in [2.05, 4.69) is 31.0 Å². The lowest BCUT2D eigenvalue weighted by Crippen LogP contribution is -2.36. The third-order valence-corrected chi connectivity index (χ3v) is 4.98. The molecule has 1 saturated carbocycles. The van der Waals surface area contributed by atoms with Gasteiger partial charge in [-0.05, 0) is 58.0 Å². The molecule has 106 valence electrons. The summed E-state index contributed by atoms with van der Waals surface area (Å²) in [4.78, 5) is 2.60. The molecule has 3 atom stereocenters. The van der Waals surface area contributed by atoms with E-state index in [-0.39, 0.29) is 0 Å². The first kappa shape index (κ1) is 14.3. The van der Waals surface area contributed by atoms with Crippen LogP contribution >= 0.6 is 0 Å². The lowest BCUT2D eigenvalue weighted by molar-refractivity contribution is 0.256. The topological polar surface area (TPSA) is 15.3 Å². The van der Waals surface area contributed by atoms with Crippen LogP contribution in [0.2, 0.25) is 0 Å². The van der Waals surface area contributed by atoms with E-state index in [0.29, 0.717) is 0 Å². The highest BCUT2D eigenvalue weighted by Crippen LogP contribution is 2.30. The van der Waals surface area contributed by atoms with E-state index in [9.17, 15) is 0 Å². The highest BCUT2D eigenvalue weighted by molar-refractivity contribution is 4.83. The van der Waals surface area contributed by atoms with Crippen LogP contribution in [0.4, 0.5) is 0 Å². The monoisotopic (exact) mass is 252 g/mol. The molecule has 0 spiro atoms. The molecule has 0 aromatic heterocycles. The number of nitrogens with zero attached hydrogens (tertiary/aromatic N) is 1. The molecule has 3 unspecified atom stereocenters. The molecular formula is C16H32N2. The maximum atomic E-state index is 3.79. The minimum absolute atomic E-state index is 0.719. The zero-order chi connectivity index (χ0) is 13.0. The highest BCUT2D eigenvalue weighted by Gasteiger charge is 2.24. The number of rotatable bonds is 5. The second kappa shape index (κ2) is 6.91. The molecule has 0 aromatic carbocycles. The molecule has 0 aromatic rings. The molecule has 0 radical (unpaired) electrons. The molecule has 18 heavy (non-hydrogen) atoms. The van der Waals surface area contributed by atoms with Gasteiger partial charge in [0.2, 0.25) is 0 Å². The Kier molecular flexibility index (Phi) is 5.50. The maximum absolute atomic E-state index is 3.79. The van der Waals surface area contributed by atoms with Gasteiger partial charge in [0.25, 0.3) is 0 Å². The molecule has 2 fully saturated rings. The van der Waals surface area contributed by atoms with Gasteiger partial charge in [0.15, 0.2) is 0 Å². The van der Waals surface area contributed by atoms with Crippen LogP contribution in [-0.4, -0.2) is 36.6 Å². The summed E-state index contributed by atoms with van der Waals surface area (Å²) >= 11 is 0. The fourth-order valence-electron chi connectivity index (χ4n) is 3.74. The summed E-state index contributed by atoms with van der Waals surface area (Å²) in [5.74, 6) is 1.98. The molecular weight excluding hydrogens is 220 g/mol. The van der Waals surface area contributed by atoms with Gasteiger partial charge in [-0.15, -0.1) is 0 Å². The first-order valence-corrected chi connectivity index (χ1v) is 8.12. The second-order valence-corrected chi connectivity index (χ2v) is 6.95. The van der Waals surface area contributed by atoms with Crippen molar-refractivity contribution in [3.8, 4) is 0 Å².